The van der Waals surface area contributed by atoms with E-state index < -0.39 is 47.8 Å². The van der Waals surface area contributed by atoms with Gasteiger partial charge in [0, 0.05) is 29.1 Å². The highest BCUT2D eigenvalue weighted by Gasteiger charge is 2.51. The van der Waals surface area contributed by atoms with Crippen LogP contribution in [0, 0.1) is 0 Å². The molecule has 0 unspecified atom stereocenters. The number of benzene rings is 2. The van der Waals surface area contributed by atoms with Gasteiger partial charge in [-0.05, 0) is 56.9 Å². The molecule has 0 radical (unpaired) electrons. The summed E-state index contributed by atoms with van der Waals surface area (Å²) in [4.78, 5) is 40.1. The van der Waals surface area contributed by atoms with E-state index in [9.17, 15) is 24.6 Å². The summed E-state index contributed by atoms with van der Waals surface area (Å²) in [5, 5.41) is 22.0. The summed E-state index contributed by atoms with van der Waals surface area (Å²) in [6.45, 7) is 7.87. The molecule has 1 fully saturated rings. The number of phenols is 1. The first-order valence-electron chi connectivity index (χ1n) is 11.4. The van der Waals surface area contributed by atoms with Gasteiger partial charge < -0.3 is 29.8 Å². The number of H-pyrrole nitrogens is 1. The van der Waals surface area contributed by atoms with Crippen LogP contribution in [0.5, 0.6) is 5.75 Å². The Morgan fingerprint density at radius 3 is 2.22 bits per heavy atom. The fraction of sp³-hybridized carbons (Fsp3) is 0.320. The van der Waals surface area contributed by atoms with Gasteiger partial charge in [-0.2, -0.15) is 0 Å². The van der Waals surface area contributed by atoms with Crippen molar-refractivity contribution < 1.29 is 33.9 Å². The van der Waals surface area contributed by atoms with Gasteiger partial charge in [-0.1, -0.05) is 35.3 Å². The topological polar surface area (TPSA) is 138 Å². The average Bonchev–Trinajstić information content (AvgIpc) is 3.31. The molecule has 1 amide bonds. The van der Waals surface area contributed by atoms with E-state index in [2.05, 4.69) is 10.3 Å². The van der Waals surface area contributed by atoms with Gasteiger partial charge in [-0.15, -0.1) is 0 Å². The lowest BCUT2D eigenvalue weighted by atomic mass is 9.78. The number of aliphatic carboxylic acids is 1. The molecule has 0 saturated carbocycles. The Morgan fingerprint density at radius 1 is 1.05 bits per heavy atom. The van der Waals surface area contributed by atoms with E-state index in [0.29, 0.717) is 5.56 Å². The SMILES string of the molecule is CC1(C)OB(c2ccc3c(C[C@@H](NC(=O)C(=O)c4cc(Cl)c(O)c(Cl)c4)C(=O)O)c[nH]c3c2)OC1(C)C. The van der Waals surface area contributed by atoms with E-state index in [-0.39, 0.29) is 22.0 Å². The minimum atomic E-state index is -1.39. The fourth-order valence-corrected chi connectivity index (χ4v) is 4.46. The second-order valence-electron chi connectivity index (χ2n) is 9.89. The van der Waals surface area contributed by atoms with Crippen molar-refractivity contribution in [1.29, 1.82) is 0 Å². The van der Waals surface area contributed by atoms with Crippen LogP contribution in [0.15, 0.2) is 36.5 Å². The zero-order valence-corrected chi connectivity index (χ0v) is 22.0. The molecular formula is C25H25BCl2N2O7. The molecule has 194 valence electrons. The van der Waals surface area contributed by atoms with Gasteiger partial charge in [0.15, 0.2) is 5.75 Å². The summed E-state index contributed by atoms with van der Waals surface area (Å²) < 4.78 is 12.2. The first kappa shape index (κ1) is 27.0. The van der Waals surface area contributed by atoms with E-state index in [1.54, 1.807) is 6.20 Å². The Hall–Kier alpha value is -3.05. The number of hydrogen-bond donors (Lipinski definition) is 4. The number of aromatic hydroxyl groups is 1. The number of rotatable bonds is 7. The van der Waals surface area contributed by atoms with Gasteiger partial charge in [-0.3, -0.25) is 9.59 Å². The van der Waals surface area contributed by atoms with E-state index in [1.807, 2.05) is 45.9 Å². The highest BCUT2D eigenvalue weighted by Crippen LogP contribution is 2.37. The predicted octanol–water partition coefficient (Wildman–Crippen LogP) is 3.47. The largest absolute Gasteiger partial charge is 0.505 e. The molecule has 1 aliphatic heterocycles. The number of amides is 1. The fourth-order valence-electron chi connectivity index (χ4n) is 3.97. The number of hydrogen-bond acceptors (Lipinski definition) is 6. The summed E-state index contributed by atoms with van der Waals surface area (Å²) in [6, 6.07) is 6.32. The number of nitrogens with one attached hydrogen (secondary N) is 2. The minimum Gasteiger partial charge on any atom is -0.505 e. The van der Waals surface area contributed by atoms with Crippen LogP contribution in [0.1, 0.15) is 43.6 Å². The second kappa shape index (κ2) is 9.68. The Bertz CT molecular complexity index is 1380. The molecule has 12 heteroatoms. The highest BCUT2D eigenvalue weighted by atomic mass is 35.5. The summed E-state index contributed by atoms with van der Waals surface area (Å²) in [6.07, 6.45) is 1.57. The molecule has 1 aromatic heterocycles. The Morgan fingerprint density at radius 2 is 1.65 bits per heavy atom. The normalized spacial score (nSPS) is 17.1. The standard InChI is InChI=1S/C25H25BCl2N2O7/c1-24(2)25(3,4)37-26(36-24)14-5-6-15-13(11-29-18(15)10-14)9-19(23(34)35)30-22(33)20(31)12-7-16(27)21(32)17(28)8-12/h5-8,10-11,19,29,32H,9H2,1-4H3,(H,30,33)(H,34,35)/t19-/m1/s1. The third kappa shape index (κ3) is 5.20. The van der Waals surface area contributed by atoms with Gasteiger partial charge in [-0.25, -0.2) is 4.79 Å². The van der Waals surface area contributed by atoms with Crippen molar-refractivity contribution in [3.8, 4) is 5.75 Å². The number of ketones is 1. The molecule has 0 aliphatic carbocycles. The van der Waals surface area contributed by atoms with E-state index >= 15 is 0 Å². The number of carbonyl (C=O) groups excluding carboxylic acids is 2. The molecule has 9 nitrogen and oxygen atoms in total. The lowest BCUT2D eigenvalue weighted by Crippen LogP contribution is -2.45. The number of phenolic OH excluding ortho intramolecular Hbond substituents is 1. The van der Waals surface area contributed by atoms with Crippen LogP contribution in [0.3, 0.4) is 0 Å². The number of aromatic amines is 1. The number of aromatic nitrogens is 1. The molecule has 1 atom stereocenters. The zero-order valence-electron chi connectivity index (χ0n) is 20.5. The van der Waals surface area contributed by atoms with Crippen molar-refractivity contribution in [2.24, 2.45) is 0 Å². The lowest BCUT2D eigenvalue weighted by Gasteiger charge is -2.32. The monoisotopic (exact) mass is 546 g/mol. The number of carboxylic acids is 1. The van der Waals surface area contributed by atoms with E-state index in [1.165, 1.54) is 0 Å². The van der Waals surface area contributed by atoms with Gasteiger partial charge >= 0.3 is 13.1 Å². The maximum Gasteiger partial charge on any atom is 0.494 e. The number of carbonyl (C=O) groups is 3. The summed E-state index contributed by atoms with van der Waals surface area (Å²) in [5.41, 5.74) is 1.01. The molecule has 2 aromatic carbocycles. The van der Waals surface area contributed by atoms with Crippen LogP contribution in [0.2, 0.25) is 10.0 Å². The molecular weight excluding hydrogens is 522 g/mol. The highest BCUT2D eigenvalue weighted by molar-refractivity contribution is 6.62. The zero-order chi connectivity index (χ0) is 27.3. The van der Waals surface area contributed by atoms with Crippen molar-refractivity contribution in [3.63, 3.8) is 0 Å². The minimum absolute atomic E-state index is 0.0821. The molecule has 1 aliphatic rings. The Kier molecular flexibility index (Phi) is 7.07. The van der Waals surface area contributed by atoms with Gasteiger partial charge in [0.2, 0.25) is 5.78 Å². The lowest BCUT2D eigenvalue weighted by molar-refractivity contribution is -0.141. The first-order valence-corrected chi connectivity index (χ1v) is 12.2. The smallest absolute Gasteiger partial charge is 0.494 e. The van der Waals surface area contributed by atoms with Crippen LogP contribution >= 0.6 is 23.2 Å². The molecule has 0 spiro atoms. The Balaban J connectivity index is 1.51. The molecule has 0 bridgehead atoms. The molecule has 4 N–H and O–H groups in total. The van der Waals surface area contributed by atoms with E-state index in [0.717, 1.165) is 28.5 Å². The predicted molar refractivity (Wildman–Crippen MR) is 140 cm³/mol. The molecule has 1 saturated heterocycles. The van der Waals surface area contributed by atoms with Crippen molar-refractivity contribution in [2.45, 2.75) is 51.4 Å². The first-order chi connectivity index (χ1) is 17.2. The van der Waals surface area contributed by atoms with Crippen LogP contribution in [0.25, 0.3) is 10.9 Å². The molecule has 3 aromatic rings. The third-order valence-electron chi connectivity index (χ3n) is 6.83. The summed E-state index contributed by atoms with van der Waals surface area (Å²) >= 11 is 11.6. The third-order valence-corrected chi connectivity index (χ3v) is 7.41. The van der Waals surface area contributed by atoms with Gasteiger partial charge in [0.25, 0.3) is 5.91 Å². The van der Waals surface area contributed by atoms with Crippen molar-refractivity contribution in [1.82, 2.24) is 10.3 Å². The Labute approximate surface area is 223 Å². The van der Waals surface area contributed by atoms with Crippen molar-refractivity contribution >= 4 is 64.3 Å². The number of halogens is 2. The maximum absolute atomic E-state index is 12.6. The average molecular weight is 547 g/mol. The second-order valence-corrected chi connectivity index (χ2v) is 10.7. The summed E-state index contributed by atoms with van der Waals surface area (Å²) in [5.74, 6) is -3.93. The van der Waals surface area contributed by atoms with E-state index in [4.69, 9.17) is 32.5 Å². The van der Waals surface area contributed by atoms with Crippen molar-refractivity contribution in [3.05, 3.63) is 57.7 Å². The van der Waals surface area contributed by atoms with Crippen LogP contribution in [-0.4, -0.2) is 57.2 Å². The number of carboxylic acid groups (broad SMARTS) is 1. The summed E-state index contributed by atoms with van der Waals surface area (Å²) in [7, 11) is -0.555. The van der Waals surface area contributed by atoms with Gasteiger partial charge in [0.1, 0.15) is 6.04 Å². The molecule has 37 heavy (non-hydrogen) atoms. The quantitative estimate of drug-likeness (QED) is 0.202. The number of Topliss-reactive ketones (excluding diaryl/α,β-unsaturated/α-hetero) is 1. The van der Waals surface area contributed by atoms with Crippen LogP contribution in [-0.2, 0) is 25.3 Å². The number of fused-ring (bicyclic) bond motifs is 1. The van der Waals surface area contributed by atoms with Crippen LogP contribution in [0.4, 0.5) is 0 Å². The molecule has 2 heterocycles. The maximum atomic E-state index is 12.6. The van der Waals surface area contributed by atoms with Crippen molar-refractivity contribution in [2.75, 3.05) is 0 Å². The van der Waals surface area contributed by atoms with Crippen LogP contribution < -0.4 is 10.8 Å². The van der Waals surface area contributed by atoms with Gasteiger partial charge in [0.05, 0.1) is 21.2 Å². The molecule has 4 rings (SSSR count).